The molecular weight excluding hydrogens is 241 g/mol. The second kappa shape index (κ2) is 3.89. The minimum Gasteiger partial charge on any atom is -0.431 e. The van der Waals surface area contributed by atoms with Crippen LogP contribution in [0.5, 0.6) is 0 Å². The van der Waals surface area contributed by atoms with Gasteiger partial charge in [-0.2, -0.15) is 13.2 Å². The molecule has 3 nitrogen and oxygen atoms in total. The molecule has 7 heteroatoms. The fraction of sp³-hybridized carbons (Fsp3) is 0.222. The summed E-state index contributed by atoms with van der Waals surface area (Å²) < 4.78 is 41.0. The summed E-state index contributed by atoms with van der Waals surface area (Å²) in [6, 6.07) is 4.74. The zero-order valence-corrected chi connectivity index (χ0v) is 8.73. The monoisotopic (exact) mass is 248 g/mol. The van der Waals surface area contributed by atoms with Gasteiger partial charge in [-0.15, -0.1) is 0 Å². The van der Waals surface area contributed by atoms with E-state index in [9.17, 15) is 13.2 Å². The largest absolute Gasteiger partial charge is 0.431 e. The SMILES string of the molecule is Nc1ccc2nc(SCC(F)(F)F)oc2c1. The van der Waals surface area contributed by atoms with Crippen molar-refractivity contribution in [1.29, 1.82) is 0 Å². The van der Waals surface area contributed by atoms with Gasteiger partial charge in [-0.25, -0.2) is 4.98 Å². The van der Waals surface area contributed by atoms with Crippen molar-refractivity contribution in [2.75, 3.05) is 11.5 Å². The maximum absolute atomic E-state index is 12.0. The van der Waals surface area contributed by atoms with Crippen LogP contribution in [0.25, 0.3) is 11.1 Å². The molecule has 0 aliphatic carbocycles. The first-order chi connectivity index (χ1) is 7.44. The average Bonchev–Trinajstić information content (AvgIpc) is 2.55. The van der Waals surface area contributed by atoms with Crippen molar-refractivity contribution in [2.45, 2.75) is 11.4 Å². The van der Waals surface area contributed by atoms with Crippen molar-refractivity contribution < 1.29 is 17.6 Å². The lowest BCUT2D eigenvalue weighted by Crippen LogP contribution is -2.10. The Morgan fingerprint density at radius 1 is 1.38 bits per heavy atom. The quantitative estimate of drug-likeness (QED) is 0.655. The highest BCUT2D eigenvalue weighted by atomic mass is 32.2. The first-order valence-electron chi connectivity index (χ1n) is 4.30. The molecule has 0 unspecified atom stereocenters. The van der Waals surface area contributed by atoms with Crippen LogP contribution >= 0.6 is 11.8 Å². The lowest BCUT2D eigenvalue weighted by atomic mass is 10.3. The number of thioether (sulfide) groups is 1. The maximum Gasteiger partial charge on any atom is 0.398 e. The highest BCUT2D eigenvalue weighted by Gasteiger charge is 2.28. The van der Waals surface area contributed by atoms with Crippen molar-refractivity contribution >= 4 is 28.5 Å². The molecule has 0 amide bonds. The minimum absolute atomic E-state index is 0.00192. The Morgan fingerprint density at radius 2 is 2.12 bits per heavy atom. The van der Waals surface area contributed by atoms with Crippen LogP contribution in [0, 0.1) is 0 Å². The lowest BCUT2D eigenvalue weighted by molar-refractivity contribution is -0.105. The fourth-order valence-corrected chi connectivity index (χ4v) is 1.72. The fourth-order valence-electron chi connectivity index (χ4n) is 1.13. The van der Waals surface area contributed by atoms with Crippen LogP contribution in [0.4, 0.5) is 18.9 Å². The molecule has 86 valence electrons. The van der Waals surface area contributed by atoms with Gasteiger partial charge in [-0.3, -0.25) is 0 Å². The number of oxazole rings is 1. The molecule has 0 spiro atoms. The Hall–Kier alpha value is -1.37. The summed E-state index contributed by atoms with van der Waals surface area (Å²) in [7, 11) is 0. The molecule has 0 radical (unpaired) electrons. The number of alkyl halides is 3. The molecule has 16 heavy (non-hydrogen) atoms. The number of aromatic nitrogens is 1. The number of anilines is 1. The van der Waals surface area contributed by atoms with Gasteiger partial charge in [0.15, 0.2) is 5.58 Å². The topological polar surface area (TPSA) is 52.0 Å². The number of rotatable bonds is 2. The number of fused-ring (bicyclic) bond motifs is 1. The molecule has 2 aromatic rings. The summed E-state index contributed by atoms with van der Waals surface area (Å²) in [5.41, 5.74) is 6.88. The molecule has 1 heterocycles. The van der Waals surface area contributed by atoms with E-state index in [1.54, 1.807) is 12.1 Å². The van der Waals surface area contributed by atoms with Crippen molar-refractivity contribution in [3.8, 4) is 0 Å². The maximum atomic E-state index is 12.0. The summed E-state index contributed by atoms with van der Waals surface area (Å²) in [6.07, 6.45) is -4.23. The molecule has 0 saturated heterocycles. The smallest absolute Gasteiger partial charge is 0.398 e. The molecule has 0 aliphatic rings. The van der Waals surface area contributed by atoms with Crippen LogP contribution in [0.1, 0.15) is 0 Å². The van der Waals surface area contributed by atoms with Gasteiger partial charge in [0.25, 0.3) is 5.22 Å². The Kier molecular flexibility index (Phi) is 2.71. The highest BCUT2D eigenvalue weighted by Crippen LogP contribution is 2.29. The third-order valence-corrected chi connectivity index (χ3v) is 2.65. The molecule has 2 rings (SSSR count). The van der Waals surface area contributed by atoms with Crippen LogP contribution in [0.15, 0.2) is 27.8 Å². The molecule has 0 saturated carbocycles. The number of benzene rings is 1. The van der Waals surface area contributed by atoms with Gasteiger partial charge < -0.3 is 10.2 Å². The van der Waals surface area contributed by atoms with E-state index in [2.05, 4.69) is 4.98 Å². The summed E-state index contributed by atoms with van der Waals surface area (Å²) >= 11 is 0.515. The van der Waals surface area contributed by atoms with Gasteiger partial charge in [-0.05, 0) is 12.1 Å². The van der Waals surface area contributed by atoms with E-state index in [0.717, 1.165) is 0 Å². The lowest BCUT2D eigenvalue weighted by Gasteiger charge is -2.01. The Balaban J connectivity index is 2.20. The van der Waals surface area contributed by atoms with Gasteiger partial charge in [0, 0.05) is 11.8 Å². The van der Waals surface area contributed by atoms with Crippen molar-refractivity contribution in [2.24, 2.45) is 0 Å². The minimum atomic E-state index is -4.23. The second-order valence-electron chi connectivity index (χ2n) is 3.11. The standard InChI is InChI=1S/C9H7F3N2OS/c10-9(11,12)4-16-8-14-6-2-1-5(13)3-7(6)15-8/h1-3H,4,13H2. The van der Waals surface area contributed by atoms with Crippen LogP contribution in [0.2, 0.25) is 0 Å². The Bertz CT molecular complexity index is 509. The first kappa shape index (κ1) is 11.1. The number of nitrogen functional groups attached to an aromatic ring is 1. The van der Waals surface area contributed by atoms with Gasteiger partial charge >= 0.3 is 6.18 Å². The van der Waals surface area contributed by atoms with Crippen molar-refractivity contribution in [3.05, 3.63) is 18.2 Å². The van der Waals surface area contributed by atoms with E-state index in [1.807, 2.05) is 0 Å². The van der Waals surface area contributed by atoms with E-state index in [0.29, 0.717) is 28.5 Å². The second-order valence-corrected chi connectivity index (χ2v) is 4.04. The molecule has 0 fully saturated rings. The van der Waals surface area contributed by atoms with Crippen LogP contribution in [-0.4, -0.2) is 16.9 Å². The average molecular weight is 248 g/mol. The number of nitrogens with two attached hydrogens (primary N) is 1. The summed E-state index contributed by atoms with van der Waals surface area (Å²) in [5.74, 6) is -1.02. The van der Waals surface area contributed by atoms with E-state index in [4.69, 9.17) is 10.2 Å². The van der Waals surface area contributed by atoms with Crippen LogP contribution < -0.4 is 5.73 Å². The van der Waals surface area contributed by atoms with Gasteiger partial charge in [0.05, 0.1) is 5.75 Å². The van der Waals surface area contributed by atoms with E-state index < -0.39 is 11.9 Å². The van der Waals surface area contributed by atoms with E-state index in [-0.39, 0.29) is 5.22 Å². The number of halogens is 3. The number of hydrogen-bond donors (Lipinski definition) is 1. The molecule has 0 aliphatic heterocycles. The van der Waals surface area contributed by atoms with E-state index >= 15 is 0 Å². The third-order valence-electron chi connectivity index (χ3n) is 1.75. The third kappa shape index (κ3) is 2.60. The molecule has 0 atom stereocenters. The molecule has 1 aromatic heterocycles. The van der Waals surface area contributed by atoms with Gasteiger partial charge in [0.1, 0.15) is 5.52 Å². The van der Waals surface area contributed by atoms with Crippen LogP contribution in [-0.2, 0) is 0 Å². The zero-order valence-electron chi connectivity index (χ0n) is 7.91. The Labute approximate surface area is 92.8 Å². The van der Waals surface area contributed by atoms with Crippen molar-refractivity contribution in [3.63, 3.8) is 0 Å². The molecule has 1 aromatic carbocycles. The first-order valence-corrected chi connectivity index (χ1v) is 5.28. The predicted octanol–water partition coefficient (Wildman–Crippen LogP) is 3.06. The molecule has 0 bridgehead atoms. The van der Waals surface area contributed by atoms with Gasteiger partial charge in [0.2, 0.25) is 0 Å². The van der Waals surface area contributed by atoms with Crippen molar-refractivity contribution in [1.82, 2.24) is 4.98 Å². The highest BCUT2D eigenvalue weighted by molar-refractivity contribution is 7.99. The number of hydrogen-bond acceptors (Lipinski definition) is 4. The summed E-state index contributed by atoms with van der Waals surface area (Å²) in [6.45, 7) is 0. The predicted molar refractivity (Wildman–Crippen MR) is 55.2 cm³/mol. The van der Waals surface area contributed by atoms with Gasteiger partial charge in [-0.1, -0.05) is 11.8 Å². The summed E-state index contributed by atoms with van der Waals surface area (Å²) in [5, 5.41) is -0.00192. The number of nitrogens with zero attached hydrogens (tertiary/aromatic N) is 1. The summed E-state index contributed by atoms with van der Waals surface area (Å²) in [4.78, 5) is 3.90. The zero-order chi connectivity index (χ0) is 11.8. The Morgan fingerprint density at radius 3 is 2.81 bits per heavy atom. The van der Waals surface area contributed by atoms with E-state index in [1.165, 1.54) is 6.07 Å². The van der Waals surface area contributed by atoms with Crippen LogP contribution in [0.3, 0.4) is 0 Å². The molecule has 2 N–H and O–H groups in total. The molecular formula is C9H7F3N2OS. The normalized spacial score (nSPS) is 12.2.